The van der Waals surface area contributed by atoms with E-state index in [1.54, 1.807) is 0 Å². The van der Waals surface area contributed by atoms with Crippen LogP contribution in [0.25, 0.3) is 0 Å². The predicted octanol–water partition coefficient (Wildman–Crippen LogP) is -0.145. The van der Waals surface area contributed by atoms with E-state index in [4.69, 9.17) is 11.5 Å². The van der Waals surface area contributed by atoms with Crippen molar-refractivity contribution in [2.75, 3.05) is 0 Å². The molecule has 0 unspecified atom stereocenters. The Hall–Kier alpha value is -1.88. The summed E-state index contributed by atoms with van der Waals surface area (Å²) in [6.45, 7) is 3.50. The van der Waals surface area contributed by atoms with Crippen LogP contribution in [0.5, 0.6) is 0 Å². The molecule has 98 valence electrons. The van der Waals surface area contributed by atoms with Gasteiger partial charge >= 0.3 is 0 Å². The van der Waals surface area contributed by atoms with E-state index >= 15 is 0 Å². The van der Waals surface area contributed by atoms with Gasteiger partial charge in [-0.3, -0.25) is 9.59 Å². The number of nitrogens with two attached hydrogens (primary N) is 2. The molecule has 0 saturated carbocycles. The number of hydrogen-bond donors (Lipinski definition) is 3. The summed E-state index contributed by atoms with van der Waals surface area (Å²) in [5.41, 5.74) is 13.0. The molecule has 0 saturated heterocycles. The van der Waals surface area contributed by atoms with Crippen LogP contribution < -0.4 is 16.8 Å². The van der Waals surface area contributed by atoms with Gasteiger partial charge in [0.15, 0.2) is 0 Å². The molecule has 0 aliphatic heterocycles. The minimum Gasteiger partial charge on any atom is -0.368 e. The van der Waals surface area contributed by atoms with Gasteiger partial charge in [-0.25, -0.2) is 0 Å². The van der Waals surface area contributed by atoms with Gasteiger partial charge in [0.25, 0.3) is 0 Å². The van der Waals surface area contributed by atoms with Gasteiger partial charge in [0.1, 0.15) is 6.04 Å². The Labute approximate surface area is 107 Å². The van der Waals surface area contributed by atoms with E-state index in [1.807, 2.05) is 31.2 Å². The zero-order chi connectivity index (χ0) is 13.7. The number of carbonyl (C=O) groups is 2. The quantitative estimate of drug-likeness (QED) is 0.677. The molecule has 2 amide bonds. The second-order valence-electron chi connectivity index (χ2n) is 4.43. The largest absolute Gasteiger partial charge is 0.368 e. The predicted molar refractivity (Wildman–Crippen MR) is 69.7 cm³/mol. The van der Waals surface area contributed by atoms with Crippen molar-refractivity contribution in [2.45, 2.75) is 32.4 Å². The van der Waals surface area contributed by atoms with Gasteiger partial charge in [-0.2, -0.15) is 0 Å². The second-order valence-corrected chi connectivity index (χ2v) is 4.43. The Kier molecular flexibility index (Phi) is 4.85. The Balaban J connectivity index is 2.57. The van der Waals surface area contributed by atoms with E-state index in [-0.39, 0.29) is 5.91 Å². The third-order valence-electron chi connectivity index (χ3n) is 2.66. The Morgan fingerprint density at radius 3 is 2.61 bits per heavy atom. The molecule has 5 N–H and O–H groups in total. The Morgan fingerprint density at radius 1 is 1.39 bits per heavy atom. The van der Waals surface area contributed by atoms with Crippen molar-refractivity contribution < 1.29 is 9.59 Å². The molecule has 1 aromatic carbocycles. The molecule has 0 aliphatic rings. The van der Waals surface area contributed by atoms with Gasteiger partial charge in [-0.15, -0.1) is 0 Å². The standard InChI is InChI=1S/C13H19N3O2/c1-8-4-3-5-10(6-8)7-11(14)13(18)16-9(2)12(15)17/h3-6,9,11H,7,14H2,1-2H3,(H2,15,17)(H,16,18)/t9-,11-/m0/s1. The maximum atomic E-state index is 11.7. The molecule has 0 spiro atoms. The number of amides is 2. The molecule has 0 aromatic heterocycles. The Morgan fingerprint density at radius 2 is 2.06 bits per heavy atom. The van der Waals surface area contributed by atoms with Crippen molar-refractivity contribution in [2.24, 2.45) is 11.5 Å². The van der Waals surface area contributed by atoms with Gasteiger partial charge in [0, 0.05) is 0 Å². The SMILES string of the molecule is Cc1cccc(C[C@H](N)C(=O)N[C@@H](C)C(N)=O)c1. The number of primary amides is 1. The number of nitrogens with one attached hydrogen (secondary N) is 1. The number of benzene rings is 1. The molecule has 1 aromatic rings. The lowest BCUT2D eigenvalue weighted by Crippen LogP contribution is -2.49. The molecular formula is C13H19N3O2. The summed E-state index contributed by atoms with van der Waals surface area (Å²) in [6.07, 6.45) is 0.430. The second kappa shape index (κ2) is 6.16. The summed E-state index contributed by atoms with van der Waals surface area (Å²) >= 11 is 0. The van der Waals surface area contributed by atoms with Crippen LogP contribution in [0.1, 0.15) is 18.1 Å². The molecule has 0 fully saturated rings. The maximum absolute atomic E-state index is 11.7. The molecule has 2 atom stereocenters. The summed E-state index contributed by atoms with van der Waals surface area (Å²) in [7, 11) is 0. The van der Waals surface area contributed by atoms with Crippen LogP contribution >= 0.6 is 0 Å². The fourth-order valence-electron chi connectivity index (χ4n) is 1.58. The van der Waals surface area contributed by atoms with Gasteiger partial charge in [-0.05, 0) is 25.8 Å². The maximum Gasteiger partial charge on any atom is 0.239 e. The zero-order valence-corrected chi connectivity index (χ0v) is 10.6. The molecule has 0 radical (unpaired) electrons. The Bertz CT molecular complexity index is 446. The van der Waals surface area contributed by atoms with Crippen molar-refractivity contribution in [1.82, 2.24) is 5.32 Å². The van der Waals surface area contributed by atoms with E-state index in [2.05, 4.69) is 5.32 Å². The first-order valence-electron chi connectivity index (χ1n) is 5.81. The monoisotopic (exact) mass is 249 g/mol. The summed E-state index contributed by atoms with van der Waals surface area (Å²) in [5, 5.41) is 2.48. The van der Waals surface area contributed by atoms with E-state index < -0.39 is 18.0 Å². The van der Waals surface area contributed by atoms with Gasteiger partial charge in [0.05, 0.1) is 6.04 Å². The smallest absolute Gasteiger partial charge is 0.239 e. The van der Waals surface area contributed by atoms with E-state index in [0.29, 0.717) is 6.42 Å². The van der Waals surface area contributed by atoms with Crippen molar-refractivity contribution >= 4 is 11.8 Å². The van der Waals surface area contributed by atoms with Crippen molar-refractivity contribution in [3.05, 3.63) is 35.4 Å². The molecule has 5 nitrogen and oxygen atoms in total. The van der Waals surface area contributed by atoms with Crippen molar-refractivity contribution in [3.8, 4) is 0 Å². The number of aryl methyl sites for hydroxylation is 1. The van der Waals surface area contributed by atoms with Gasteiger partial charge in [0.2, 0.25) is 11.8 Å². The summed E-state index contributed by atoms with van der Waals surface area (Å²) in [5.74, 6) is -0.950. The highest BCUT2D eigenvalue weighted by molar-refractivity contribution is 5.88. The normalized spacial score (nSPS) is 13.7. The summed E-state index contributed by atoms with van der Waals surface area (Å²) in [4.78, 5) is 22.5. The first-order valence-corrected chi connectivity index (χ1v) is 5.81. The third kappa shape index (κ3) is 4.18. The average Bonchev–Trinajstić information content (AvgIpc) is 2.28. The fourth-order valence-corrected chi connectivity index (χ4v) is 1.58. The molecular weight excluding hydrogens is 230 g/mol. The zero-order valence-electron chi connectivity index (χ0n) is 10.6. The molecule has 0 bridgehead atoms. The topological polar surface area (TPSA) is 98.2 Å². The lowest BCUT2D eigenvalue weighted by Gasteiger charge is -2.15. The molecule has 0 heterocycles. The lowest BCUT2D eigenvalue weighted by atomic mass is 10.0. The molecule has 5 heteroatoms. The highest BCUT2D eigenvalue weighted by Crippen LogP contribution is 2.06. The van der Waals surface area contributed by atoms with Crippen molar-refractivity contribution in [3.63, 3.8) is 0 Å². The fraction of sp³-hybridized carbons (Fsp3) is 0.385. The number of carbonyl (C=O) groups excluding carboxylic acids is 2. The minimum atomic E-state index is -0.707. The van der Waals surface area contributed by atoms with Crippen LogP contribution in [0, 0.1) is 6.92 Å². The lowest BCUT2D eigenvalue weighted by molar-refractivity contribution is -0.127. The summed E-state index contributed by atoms with van der Waals surface area (Å²) < 4.78 is 0. The minimum absolute atomic E-state index is 0.372. The highest BCUT2D eigenvalue weighted by atomic mass is 16.2. The van der Waals surface area contributed by atoms with Crippen molar-refractivity contribution in [1.29, 1.82) is 0 Å². The van der Waals surface area contributed by atoms with Crippen LogP contribution in [-0.4, -0.2) is 23.9 Å². The van der Waals surface area contributed by atoms with Crippen LogP contribution in [0.3, 0.4) is 0 Å². The molecule has 0 aliphatic carbocycles. The molecule has 18 heavy (non-hydrogen) atoms. The van der Waals surface area contributed by atoms with Crippen LogP contribution in [0.15, 0.2) is 24.3 Å². The van der Waals surface area contributed by atoms with Gasteiger partial charge in [-0.1, -0.05) is 29.8 Å². The average molecular weight is 249 g/mol. The number of hydrogen-bond acceptors (Lipinski definition) is 3. The van der Waals surface area contributed by atoms with Crippen LogP contribution in [-0.2, 0) is 16.0 Å². The van der Waals surface area contributed by atoms with E-state index in [9.17, 15) is 9.59 Å². The summed E-state index contributed by atoms with van der Waals surface area (Å²) in [6, 6.07) is 6.39. The van der Waals surface area contributed by atoms with E-state index in [0.717, 1.165) is 11.1 Å². The van der Waals surface area contributed by atoms with Gasteiger partial charge < -0.3 is 16.8 Å². The van der Waals surface area contributed by atoms with Crippen LogP contribution in [0.4, 0.5) is 0 Å². The van der Waals surface area contributed by atoms with Crippen LogP contribution in [0.2, 0.25) is 0 Å². The van der Waals surface area contributed by atoms with E-state index in [1.165, 1.54) is 6.92 Å². The molecule has 1 rings (SSSR count). The first kappa shape index (κ1) is 14.2. The third-order valence-corrected chi connectivity index (χ3v) is 2.66. The first-order chi connectivity index (χ1) is 8.40. The highest BCUT2D eigenvalue weighted by Gasteiger charge is 2.18. The number of rotatable bonds is 5.